The van der Waals surface area contributed by atoms with Gasteiger partial charge in [-0.15, -0.1) is 0 Å². The van der Waals surface area contributed by atoms with Gasteiger partial charge in [0.1, 0.15) is 29.3 Å². The van der Waals surface area contributed by atoms with Gasteiger partial charge >= 0.3 is 0 Å². The number of carbonyl (C=O) groups excluding carboxylic acids is 1. The third-order valence-electron chi connectivity index (χ3n) is 7.09. The molecule has 182 valence electrons. The number of aliphatic hydroxyl groups is 1. The van der Waals surface area contributed by atoms with Gasteiger partial charge in [-0.25, -0.2) is 4.98 Å². The summed E-state index contributed by atoms with van der Waals surface area (Å²) in [7, 11) is 0. The largest absolute Gasteiger partial charge is 0.457 e. The fraction of sp³-hybridized carbons (Fsp3) is 0.214. The molecule has 37 heavy (non-hydrogen) atoms. The minimum absolute atomic E-state index is 0.0697. The normalized spacial score (nSPS) is 21.6. The van der Waals surface area contributed by atoms with Gasteiger partial charge in [0.05, 0.1) is 52.6 Å². The average molecular weight is 492 g/mol. The smallest absolute Gasteiger partial charge is 0.196 e. The predicted molar refractivity (Wildman–Crippen MR) is 133 cm³/mol. The van der Waals surface area contributed by atoms with Crippen molar-refractivity contribution in [2.45, 2.75) is 18.1 Å². The van der Waals surface area contributed by atoms with Crippen molar-refractivity contribution in [3.63, 3.8) is 0 Å². The SMILES string of the molecule is N#Cc1cc(Oc2ccccc2)ccc1C(=O)c1c[nH]c2ncc(C#N)c(N[C@@]34COC(CO)[C@@H]3C4)c12. The van der Waals surface area contributed by atoms with E-state index in [4.69, 9.17) is 9.47 Å². The first kappa shape index (κ1) is 22.7. The zero-order valence-electron chi connectivity index (χ0n) is 19.6. The molecular weight excluding hydrogens is 470 g/mol. The number of benzene rings is 2. The summed E-state index contributed by atoms with van der Waals surface area (Å²) in [6.07, 6.45) is 3.55. The van der Waals surface area contributed by atoms with Crippen LogP contribution in [0.4, 0.5) is 5.69 Å². The molecule has 3 N–H and O–H groups in total. The van der Waals surface area contributed by atoms with Crippen molar-refractivity contribution in [3.05, 3.63) is 83.2 Å². The Bertz CT molecular complexity index is 1620. The minimum Gasteiger partial charge on any atom is -0.457 e. The number of hydrogen-bond donors (Lipinski definition) is 3. The monoisotopic (exact) mass is 491 g/mol. The maximum Gasteiger partial charge on any atom is 0.196 e. The molecule has 3 atom stereocenters. The lowest BCUT2D eigenvalue weighted by atomic mass is 9.97. The molecule has 9 nitrogen and oxygen atoms in total. The number of pyridine rings is 1. The van der Waals surface area contributed by atoms with Crippen molar-refractivity contribution in [1.82, 2.24) is 9.97 Å². The summed E-state index contributed by atoms with van der Waals surface area (Å²) >= 11 is 0. The molecule has 1 saturated heterocycles. The molecule has 9 heteroatoms. The van der Waals surface area contributed by atoms with Crippen LogP contribution in [0.2, 0.25) is 0 Å². The number of nitriles is 2. The van der Waals surface area contributed by atoms with E-state index in [1.807, 2.05) is 18.2 Å². The van der Waals surface area contributed by atoms with Crippen LogP contribution in [0.1, 0.15) is 33.5 Å². The van der Waals surface area contributed by atoms with Gasteiger partial charge in [-0.1, -0.05) is 18.2 Å². The molecule has 1 saturated carbocycles. The van der Waals surface area contributed by atoms with Gasteiger partial charge in [0.15, 0.2) is 5.78 Å². The van der Waals surface area contributed by atoms with Crippen LogP contribution in [0.5, 0.6) is 11.5 Å². The molecule has 2 aliphatic rings. The highest BCUT2D eigenvalue weighted by Crippen LogP contribution is 2.54. The van der Waals surface area contributed by atoms with Crippen LogP contribution in [0.3, 0.4) is 0 Å². The van der Waals surface area contributed by atoms with Crippen molar-refractivity contribution in [3.8, 4) is 23.6 Å². The number of aromatic nitrogens is 2. The molecule has 0 amide bonds. The lowest BCUT2D eigenvalue weighted by Crippen LogP contribution is -2.26. The van der Waals surface area contributed by atoms with E-state index < -0.39 is 5.54 Å². The highest BCUT2D eigenvalue weighted by molar-refractivity contribution is 6.19. The summed E-state index contributed by atoms with van der Waals surface area (Å²) in [5, 5.41) is 33.1. The number of ketones is 1. The molecule has 6 rings (SSSR count). The van der Waals surface area contributed by atoms with Crippen molar-refractivity contribution < 1.29 is 19.4 Å². The number of H-pyrrole nitrogens is 1. The zero-order valence-corrected chi connectivity index (χ0v) is 19.6. The number of hydrogen-bond acceptors (Lipinski definition) is 8. The van der Waals surface area contributed by atoms with Gasteiger partial charge in [0.25, 0.3) is 0 Å². The van der Waals surface area contributed by atoms with Crippen molar-refractivity contribution >= 4 is 22.5 Å². The number of rotatable bonds is 7. The Morgan fingerprint density at radius 1 is 1.16 bits per heavy atom. The Balaban J connectivity index is 1.38. The average Bonchev–Trinajstić information content (AvgIpc) is 3.28. The van der Waals surface area contributed by atoms with Gasteiger partial charge in [-0.3, -0.25) is 4.79 Å². The molecule has 2 aromatic heterocycles. The standard InChI is InChI=1S/C28H21N5O4/c29-10-16-8-19(37-18-4-2-1-3-5-18)6-7-20(16)26(35)21-13-32-27-24(21)25(17(11-30)12-31-27)33-28-9-22(28)23(14-34)36-15-28/h1-8,12-13,22-23,34H,9,14-15H2,(H2,31,32,33)/t22-,23?,28-/m0/s1. The number of nitrogens with zero attached hydrogens (tertiary/aromatic N) is 3. The fourth-order valence-corrected chi connectivity index (χ4v) is 5.10. The summed E-state index contributed by atoms with van der Waals surface area (Å²) in [4.78, 5) is 21.1. The van der Waals surface area contributed by atoms with E-state index in [2.05, 4.69) is 27.4 Å². The molecule has 1 unspecified atom stereocenters. The Morgan fingerprint density at radius 2 is 1.97 bits per heavy atom. The first-order valence-electron chi connectivity index (χ1n) is 11.8. The second-order valence-corrected chi connectivity index (χ2v) is 9.27. The lowest BCUT2D eigenvalue weighted by Gasteiger charge is -2.18. The second kappa shape index (κ2) is 8.75. The molecule has 1 aliphatic carbocycles. The summed E-state index contributed by atoms with van der Waals surface area (Å²) in [6.45, 7) is 0.326. The Kier molecular flexibility index (Phi) is 5.38. The quantitative estimate of drug-likeness (QED) is 0.330. The van der Waals surface area contributed by atoms with E-state index >= 15 is 0 Å². The Hall–Kier alpha value is -4.70. The summed E-state index contributed by atoms with van der Waals surface area (Å²) in [5.41, 5.74) is 1.50. The van der Waals surface area contributed by atoms with Crippen LogP contribution >= 0.6 is 0 Å². The number of aliphatic hydroxyl groups excluding tert-OH is 1. The molecule has 0 radical (unpaired) electrons. The molecule has 0 bridgehead atoms. The molecule has 2 fully saturated rings. The van der Waals surface area contributed by atoms with Gasteiger partial charge in [-0.05, 0) is 36.8 Å². The van der Waals surface area contributed by atoms with Crippen molar-refractivity contribution in [2.75, 3.05) is 18.5 Å². The van der Waals surface area contributed by atoms with E-state index in [-0.39, 0.29) is 35.5 Å². The molecule has 1 aliphatic heterocycles. The van der Waals surface area contributed by atoms with Crippen LogP contribution in [0.25, 0.3) is 11.0 Å². The Labute approximate surface area is 211 Å². The first-order chi connectivity index (χ1) is 18.1. The summed E-state index contributed by atoms with van der Waals surface area (Å²) in [6, 6.07) is 18.2. The number of aromatic amines is 1. The number of fused-ring (bicyclic) bond motifs is 2. The van der Waals surface area contributed by atoms with Gasteiger partial charge in [-0.2, -0.15) is 10.5 Å². The maximum atomic E-state index is 13.7. The number of nitrogens with one attached hydrogen (secondary N) is 2. The third kappa shape index (κ3) is 3.78. The van der Waals surface area contributed by atoms with Crippen LogP contribution in [0.15, 0.2) is 60.9 Å². The van der Waals surface area contributed by atoms with Crippen LogP contribution in [-0.4, -0.2) is 45.7 Å². The third-order valence-corrected chi connectivity index (χ3v) is 7.09. The molecule has 2 aromatic carbocycles. The van der Waals surface area contributed by atoms with Gasteiger partial charge in [0.2, 0.25) is 0 Å². The van der Waals surface area contributed by atoms with Crippen LogP contribution in [0, 0.1) is 28.6 Å². The summed E-state index contributed by atoms with van der Waals surface area (Å²) < 4.78 is 11.5. The molecule has 4 aromatic rings. The molecule has 3 heterocycles. The van der Waals surface area contributed by atoms with E-state index in [0.717, 1.165) is 6.42 Å². The maximum absolute atomic E-state index is 13.7. The van der Waals surface area contributed by atoms with E-state index in [0.29, 0.717) is 46.0 Å². The van der Waals surface area contributed by atoms with Crippen LogP contribution < -0.4 is 10.1 Å². The van der Waals surface area contributed by atoms with E-state index in [1.54, 1.807) is 30.5 Å². The van der Waals surface area contributed by atoms with Crippen molar-refractivity contribution in [1.29, 1.82) is 10.5 Å². The van der Waals surface area contributed by atoms with Gasteiger partial charge < -0.3 is 24.9 Å². The topological polar surface area (TPSA) is 144 Å². The number of carbonyl (C=O) groups is 1. The second-order valence-electron chi connectivity index (χ2n) is 9.27. The Morgan fingerprint density at radius 3 is 2.68 bits per heavy atom. The highest BCUT2D eigenvalue weighted by Gasteiger charge is 2.63. The minimum atomic E-state index is -0.404. The lowest BCUT2D eigenvalue weighted by molar-refractivity contribution is 0.0337. The van der Waals surface area contributed by atoms with Crippen molar-refractivity contribution in [2.24, 2.45) is 5.92 Å². The molecular formula is C28H21N5O4. The van der Waals surface area contributed by atoms with E-state index in [1.165, 1.54) is 12.3 Å². The number of anilines is 1. The van der Waals surface area contributed by atoms with Crippen LogP contribution in [-0.2, 0) is 4.74 Å². The summed E-state index contributed by atoms with van der Waals surface area (Å²) in [5.74, 6) is 0.792. The zero-order chi connectivity index (χ0) is 25.6. The molecule has 0 spiro atoms. The fourth-order valence-electron chi connectivity index (χ4n) is 5.10. The predicted octanol–water partition coefficient (Wildman–Crippen LogP) is 3.89. The highest BCUT2D eigenvalue weighted by atomic mass is 16.5. The van der Waals surface area contributed by atoms with E-state index in [9.17, 15) is 20.4 Å². The number of para-hydroxylation sites is 1. The first-order valence-corrected chi connectivity index (χ1v) is 11.8. The number of ether oxygens (including phenoxy) is 2. The van der Waals surface area contributed by atoms with Gasteiger partial charge in [0, 0.05) is 23.9 Å².